The molecule has 0 fully saturated rings. The molecule has 118 valence electrons. The SMILES string of the molecule is Cc1c([N+](=O)[O-])cccc1S(=O)(=O)NC(CO)CC(C)C. The highest BCUT2D eigenvalue weighted by Gasteiger charge is 2.25. The third-order valence-corrected chi connectivity index (χ3v) is 4.70. The standard InChI is InChI=1S/C13H20N2O5S/c1-9(2)7-11(8-16)14-21(19,20)13-6-4-5-12(10(13)3)15(17)18/h4-6,9,11,14,16H,7-8H2,1-3H3. The molecule has 0 aliphatic heterocycles. The van der Waals surface area contributed by atoms with Crippen molar-refractivity contribution in [3.8, 4) is 0 Å². The molecule has 0 bridgehead atoms. The van der Waals surface area contributed by atoms with Crippen molar-refractivity contribution >= 4 is 15.7 Å². The largest absolute Gasteiger partial charge is 0.395 e. The normalized spacial score (nSPS) is 13.4. The first-order chi connectivity index (χ1) is 9.69. The number of benzene rings is 1. The number of nitro benzene ring substituents is 1. The summed E-state index contributed by atoms with van der Waals surface area (Å²) >= 11 is 0. The fraction of sp³-hybridized carbons (Fsp3) is 0.538. The zero-order valence-corrected chi connectivity index (χ0v) is 13.1. The molecule has 0 aliphatic carbocycles. The van der Waals surface area contributed by atoms with E-state index in [1.807, 2.05) is 13.8 Å². The molecular weight excluding hydrogens is 296 g/mol. The summed E-state index contributed by atoms with van der Waals surface area (Å²) in [5, 5.41) is 20.1. The minimum absolute atomic E-state index is 0.0798. The molecule has 0 amide bonds. The smallest absolute Gasteiger partial charge is 0.273 e. The highest BCUT2D eigenvalue weighted by molar-refractivity contribution is 7.89. The monoisotopic (exact) mass is 316 g/mol. The molecule has 1 atom stereocenters. The average molecular weight is 316 g/mol. The molecule has 21 heavy (non-hydrogen) atoms. The van der Waals surface area contributed by atoms with Crippen LogP contribution in [0.1, 0.15) is 25.8 Å². The van der Waals surface area contributed by atoms with Gasteiger partial charge < -0.3 is 5.11 Å². The van der Waals surface area contributed by atoms with Crippen LogP contribution >= 0.6 is 0 Å². The molecule has 0 saturated carbocycles. The highest BCUT2D eigenvalue weighted by atomic mass is 32.2. The Morgan fingerprint density at radius 1 is 1.38 bits per heavy atom. The summed E-state index contributed by atoms with van der Waals surface area (Å²) in [6.45, 7) is 4.89. The quantitative estimate of drug-likeness (QED) is 0.586. The number of nitrogens with zero attached hydrogens (tertiary/aromatic N) is 1. The van der Waals surface area contributed by atoms with Crippen molar-refractivity contribution in [2.24, 2.45) is 5.92 Å². The van der Waals surface area contributed by atoms with Crippen molar-refractivity contribution in [2.75, 3.05) is 6.61 Å². The molecule has 0 aromatic heterocycles. The van der Waals surface area contributed by atoms with E-state index in [0.29, 0.717) is 6.42 Å². The van der Waals surface area contributed by atoms with Crippen molar-refractivity contribution in [1.29, 1.82) is 0 Å². The predicted octanol–water partition coefficient (Wildman–Crippen LogP) is 1.59. The van der Waals surface area contributed by atoms with E-state index >= 15 is 0 Å². The summed E-state index contributed by atoms with van der Waals surface area (Å²) in [5.74, 6) is 0.205. The number of hydrogen-bond donors (Lipinski definition) is 2. The molecule has 1 unspecified atom stereocenters. The number of sulfonamides is 1. The summed E-state index contributed by atoms with van der Waals surface area (Å²) < 4.78 is 27.1. The Morgan fingerprint density at radius 3 is 2.48 bits per heavy atom. The average Bonchev–Trinajstić information content (AvgIpc) is 2.36. The van der Waals surface area contributed by atoms with Crippen LogP contribution in [-0.2, 0) is 10.0 Å². The van der Waals surface area contributed by atoms with Crippen molar-refractivity contribution < 1.29 is 18.4 Å². The van der Waals surface area contributed by atoms with Gasteiger partial charge in [-0.2, -0.15) is 0 Å². The summed E-state index contributed by atoms with van der Waals surface area (Å²) in [4.78, 5) is 10.1. The van der Waals surface area contributed by atoms with Gasteiger partial charge in [0.2, 0.25) is 10.0 Å². The maximum atomic E-state index is 12.3. The van der Waals surface area contributed by atoms with Gasteiger partial charge in [-0.25, -0.2) is 13.1 Å². The van der Waals surface area contributed by atoms with E-state index < -0.39 is 21.0 Å². The van der Waals surface area contributed by atoms with E-state index in [2.05, 4.69) is 4.72 Å². The Hall–Kier alpha value is -1.51. The fourth-order valence-electron chi connectivity index (χ4n) is 2.10. The Balaban J connectivity index is 3.14. The van der Waals surface area contributed by atoms with Crippen LogP contribution in [0.3, 0.4) is 0 Å². The van der Waals surface area contributed by atoms with E-state index in [1.165, 1.54) is 25.1 Å². The van der Waals surface area contributed by atoms with E-state index in [9.17, 15) is 23.6 Å². The number of aliphatic hydroxyl groups excluding tert-OH is 1. The van der Waals surface area contributed by atoms with Gasteiger partial charge in [0.1, 0.15) is 0 Å². The summed E-state index contributed by atoms with van der Waals surface area (Å²) in [6, 6.07) is 3.28. The van der Waals surface area contributed by atoms with Gasteiger partial charge in [-0.15, -0.1) is 0 Å². The Morgan fingerprint density at radius 2 is 2.00 bits per heavy atom. The molecular formula is C13H20N2O5S. The third-order valence-electron chi connectivity index (χ3n) is 3.04. The minimum atomic E-state index is -3.92. The topological polar surface area (TPSA) is 110 Å². The van der Waals surface area contributed by atoms with Crippen molar-refractivity contribution in [3.05, 3.63) is 33.9 Å². The van der Waals surface area contributed by atoms with E-state index in [0.717, 1.165) is 0 Å². The molecule has 0 saturated heterocycles. The first-order valence-electron chi connectivity index (χ1n) is 6.56. The molecule has 2 N–H and O–H groups in total. The first-order valence-corrected chi connectivity index (χ1v) is 8.04. The second-order valence-corrected chi connectivity index (χ2v) is 6.97. The lowest BCUT2D eigenvalue weighted by atomic mass is 10.1. The van der Waals surface area contributed by atoms with Crippen molar-refractivity contribution in [1.82, 2.24) is 4.72 Å². The predicted molar refractivity (Wildman–Crippen MR) is 78.5 cm³/mol. The van der Waals surface area contributed by atoms with Crippen LogP contribution in [0.15, 0.2) is 23.1 Å². The zero-order valence-electron chi connectivity index (χ0n) is 12.2. The molecule has 1 aromatic rings. The fourth-order valence-corrected chi connectivity index (χ4v) is 3.61. The van der Waals surface area contributed by atoms with Crippen LogP contribution in [0, 0.1) is 23.0 Å². The lowest BCUT2D eigenvalue weighted by Gasteiger charge is -2.19. The van der Waals surface area contributed by atoms with Crippen LogP contribution in [0.25, 0.3) is 0 Å². The van der Waals surface area contributed by atoms with Crippen molar-refractivity contribution in [2.45, 2.75) is 38.1 Å². The second kappa shape index (κ2) is 6.97. The molecule has 0 spiro atoms. The van der Waals surface area contributed by atoms with Crippen LogP contribution in [-0.4, -0.2) is 31.1 Å². The van der Waals surface area contributed by atoms with Gasteiger partial charge >= 0.3 is 0 Å². The molecule has 1 aromatic carbocycles. The van der Waals surface area contributed by atoms with Crippen LogP contribution < -0.4 is 4.72 Å². The summed E-state index contributed by atoms with van der Waals surface area (Å²) in [6.07, 6.45) is 0.476. The van der Waals surface area contributed by atoms with Gasteiger partial charge in [-0.1, -0.05) is 19.9 Å². The van der Waals surface area contributed by atoms with Gasteiger partial charge in [-0.05, 0) is 25.3 Å². The third kappa shape index (κ3) is 4.48. The van der Waals surface area contributed by atoms with Gasteiger partial charge in [0.15, 0.2) is 0 Å². The Kier molecular flexibility index (Phi) is 5.82. The lowest BCUT2D eigenvalue weighted by molar-refractivity contribution is -0.385. The first kappa shape index (κ1) is 17.5. The molecule has 7 nitrogen and oxygen atoms in total. The number of nitrogens with one attached hydrogen (secondary N) is 1. The van der Waals surface area contributed by atoms with Gasteiger partial charge in [0, 0.05) is 17.7 Å². The molecule has 8 heteroatoms. The second-order valence-electron chi connectivity index (χ2n) is 5.29. The maximum Gasteiger partial charge on any atom is 0.273 e. The number of nitro groups is 1. The number of aliphatic hydroxyl groups is 1. The number of rotatable bonds is 7. The van der Waals surface area contributed by atoms with Gasteiger partial charge in [0.25, 0.3) is 5.69 Å². The highest BCUT2D eigenvalue weighted by Crippen LogP contribution is 2.25. The van der Waals surface area contributed by atoms with Crippen LogP contribution in [0.4, 0.5) is 5.69 Å². The Labute approximate surface area is 124 Å². The number of hydrogen-bond acceptors (Lipinski definition) is 5. The molecule has 0 aliphatic rings. The van der Waals surface area contributed by atoms with E-state index in [1.54, 1.807) is 0 Å². The van der Waals surface area contributed by atoms with Gasteiger partial charge in [-0.3, -0.25) is 10.1 Å². The van der Waals surface area contributed by atoms with Crippen molar-refractivity contribution in [3.63, 3.8) is 0 Å². The zero-order chi connectivity index (χ0) is 16.2. The minimum Gasteiger partial charge on any atom is -0.395 e. The van der Waals surface area contributed by atoms with Crippen LogP contribution in [0.2, 0.25) is 0 Å². The molecule has 0 heterocycles. The molecule has 1 rings (SSSR count). The van der Waals surface area contributed by atoms with E-state index in [-0.39, 0.29) is 28.7 Å². The Bertz CT molecular complexity index is 613. The maximum absolute atomic E-state index is 12.3. The summed E-state index contributed by atoms with van der Waals surface area (Å²) in [5.41, 5.74) is -0.168. The summed E-state index contributed by atoms with van der Waals surface area (Å²) in [7, 11) is -3.92. The van der Waals surface area contributed by atoms with E-state index in [4.69, 9.17) is 0 Å². The molecule has 0 radical (unpaired) electrons. The van der Waals surface area contributed by atoms with Crippen LogP contribution in [0.5, 0.6) is 0 Å². The van der Waals surface area contributed by atoms with Gasteiger partial charge in [0.05, 0.1) is 16.4 Å². The lowest BCUT2D eigenvalue weighted by Crippen LogP contribution is -2.38.